The van der Waals surface area contributed by atoms with Crippen molar-refractivity contribution in [3.63, 3.8) is 0 Å². The Morgan fingerprint density at radius 2 is 2.04 bits per heavy atom. The largest absolute Gasteiger partial charge is 0.508 e. The summed E-state index contributed by atoms with van der Waals surface area (Å²) in [5, 5.41) is 15.7. The first-order chi connectivity index (χ1) is 12.0. The van der Waals surface area contributed by atoms with Crippen LogP contribution >= 0.6 is 11.3 Å². The van der Waals surface area contributed by atoms with Gasteiger partial charge in [-0.3, -0.25) is 4.79 Å². The van der Waals surface area contributed by atoms with Crippen molar-refractivity contribution < 1.29 is 14.3 Å². The zero-order chi connectivity index (χ0) is 18.0. The molecule has 2 aromatic heterocycles. The van der Waals surface area contributed by atoms with Gasteiger partial charge >= 0.3 is 0 Å². The molecule has 0 radical (unpaired) electrons. The van der Waals surface area contributed by atoms with Crippen LogP contribution in [0.3, 0.4) is 0 Å². The first kappa shape index (κ1) is 16.8. The van der Waals surface area contributed by atoms with Gasteiger partial charge in [0.2, 0.25) is 0 Å². The van der Waals surface area contributed by atoms with Gasteiger partial charge in [-0.2, -0.15) is 0 Å². The second-order valence-corrected chi connectivity index (χ2v) is 6.37. The van der Waals surface area contributed by atoms with E-state index in [9.17, 15) is 14.3 Å². The molecule has 0 aliphatic rings. The highest BCUT2D eigenvalue weighted by atomic mass is 32.1. The molecule has 8 heteroatoms. The van der Waals surface area contributed by atoms with Crippen LogP contribution in [0.5, 0.6) is 5.75 Å². The second-order valence-electron chi connectivity index (χ2n) is 5.34. The number of hydrogen-bond acceptors (Lipinski definition) is 6. The van der Waals surface area contributed by atoms with Crippen LogP contribution in [0.4, 0.5) is 21.0 Å². The zero-order valence-corrected chi connectivity index (χ0v) is 14.3. The van der Waals surface area contributed by atoms with Crippen LogP contribution in [0.15, 0.2) is 36.7 Å². The van der Waals surface area contributed by atoms with Gasteiger partial charge in [0.25, 0.3) is 5.91 Å². The van der Waals surface area contributed by atoms with Gasteiger partial charge in [0, 0.05) is 11.8 Å². The number of phenols is 1. The normalized spacial score (nSPS) is 10.5. The number of carbonyl (C=O) groups is 1. The van der Waals surface area contributed by atoms with Crippen molar-refractivity contribution in [2.75, 3.05) is 10.6 Å². The number of aromatic nitrogens is 2. The first-order valence-corrected chi connectivity index (χ1v) is 8.21. The van der Waals surface area contributed by atoms with E-state index in [0.29, 0.717) is 21.3 Å². The molecule has 1 aromatic carbocycles. The number of hydrogen-bond donors (Lipinski definition) is 3. The Morgan fingerprint density at radius 1 is 1.24 bits per heavy atom. The average molecular weight is 358 g/mol. The quantitative estimate of drug-likeness (QED) is 0.656. The lowest BCUT2D eigenvalue weighted by Crippen LogP contribution is -2.12. The van der Waals surface area contributed by atoms with Crippen molar-refractivity contribution in [3.05, 3.63) is 58.5 Å². The molecule has 0 spiro atoms. The van der Waals surface area contributed by atoms with Crippen LogP contribution < -0.4 is 10.6 Å². The number of carbonyl (C=O) groups excluding carboxylic acids is 1. The van der Waals surface area contributed by atoms with E-state index >= 15 is 0 Å². The van der Waals surface area contributed by atoms with Gasteiger partial charge in [-0.25, -0.2) is 14.4 Å². The molecule has 2 heterocycles. The fourth-order valence-corrected chi connectivity index (χ4v) is 2.93. The summed E-state index contributed by atoms with van der Waals surface area (Å²) in [6, 6.07) is 6.07. The van der Waals surface area contributed by atoms with Crippen molar-refractivity contribution in [1.82, 2.24) is 9.97 Å². The Morgan fingerprint density at radius 3 is 2.80 bits per heavy atom. The van der Waals surface area contributed by atoms with Crippen LogP contribution in [0, 0.1) is 19.7 Å². The van der Waals surface area contributed by atoms with Gasteiger partial charge in [0.15, 0.2) is 16.8 Å². The molecule has 0 bridgehead atoms. The maximum absolute atomic E-state index is 13.6. The number of rotatable bonds is 4. The van der Waals surface area contributed by atoms with E-state index in [1.165, 1.54) is 24.5 Å². The van der Waals surface area contributed by atoms with Crippen LogP contribution in [-0.4, -0.2) is 21.0 Å². The molecule has 3 N–H and O–H groups in total. The molecule has 0 unspecified atom stereocenters. The fourth-order valence-electron chi connectivity index (χ4n) is 2.22. The Hall–Kier alpha value is -3.00. The van der Waals surface area contributed by atoms with E-state index in [4.69, 9.17) is 0 Å². The highest BCUT2D eigenvalue weighted by Crippen LogP contribution is 2.29. The zero-order valence-electron chi connectivity index (χ0n) is 13.5. The van der Waals surface area contributed by atoms with E-state index in [-0.39, 0.29) is 17.5 Å². The number of nitrogens with zero attached hydrogens (tertiary/aromatic N) is 2. The number of amides is 1. The van der Waals surface area contributed by atoms with Gasteiger partial charge in [-0.15, -0.1) is 0 Å². The summed E-state index contributed by atoms with van der Waals surface area (Å²) in [5.41, 5.74) is 1.98. The molecule has 0 fully saturated rings. The Labute approximate surface area is 147 Å². The minimum Gasteiger partial charge on any atom is -0.508 e. The number of anilines is 3. The van der Waals surface area contributed by atoms with E-state index in [1.54, 1.807) is 19.1 Å². The number of phenolic OH excluding ortho intramolecular Hbond substituents is 1. The molecule has 25 heavy (non-hydrogen) atoms. The number of pyridine rings is 1. The Bertz CT molecular complexity index is 942. The molecule has 6 nitrogen and oxygen atoms in total. The molecule has 0 saturated carbocycles. The number of aryl methyl sites for hydroxylation is 1. The molecule has 0 aliphatic carbocycles. The highest BCUT2D eigenvalue weighted by Gasteiger charge is 2.15. The maximum Gasteiger partial charge on any atom is 0.267 e. The van der Waals surface area contributed by atoms with E-state index in [2.05, 4.69) is 20.6 Å². The standard InChI is InChI=1S/C17H15FN4O2S/c1-9-5-6-12(23)10(2)14(9)21-16(24)13-8-20-17(25-13)22-15-11(18)4-3-7-19-15/h3-8,23H,1-2H3,(H,21,24)(H,19,20,22). The number of aromatic hydroxyl groups is 1. The minimum absolute atomic E-state index is 0.0449. The summed E-state index contributed by atoms with van der Waals surface area (Å²) in [4.78, 5) is 20.7. The molecule has 128 valence electrons. The molecule has 3 rings (SSSR count). The van der Waals surface area contributed by atoms with Gasteiger partial charge in [-0.1, -0.05) is 17.4 Å². The van der Waals surface area contributed by atoms with Gasteiger partial charge in [0.1, 0.15) is 10.6 Å². The molecule has 1 amide bonds. The summed E-state index contributed by atoms with van der Waals surface area (Å²) in [6.07, 6.45) is 2.86. The van der Waals surface area contributed by atoms with Crippen LogP contribution in [0.25, 0.3) is 0 Å². The van der Waals surface area contributed by atoms with Crippen molar-refractivity contribution >= 4 is 33.9 Å². The monoisotopic (exact) mass is 358 g/mol. The molecule has 0 atom stereocenters. The average Bonchev–Trinajstić information content (AvgIpc) is 3.06. The third-order valence-electron chi connectivity index (χ3n) is 3.60. The molecule has 0 aliphatic heterocycles. The minimum atomic E-state index is -0.505. The van der Waals surface area contributed by atoms with Gasteiger partial charge in [0.05, 0.1) is 11.9 Å². The number of nitrogens with one attached hydrogen (secondary N) is 2. The summed E-state index contributed by atoms with van der Waals surface area (Å²) >= 11 is 1.08. The summed E-state index contributed by atoms with van der Waals surface area (Å²) in [7, 11) is 0. The number of benzene rings is 1. The van der Waals surface area contributed by atoms with Crippen molar-refractivity contribution in [1.29, 1.82) is 0 Å². The number of halogens is 1. The third-order valence-corrected chi connectivity index (χ3v) is 4.51. The van der Waals surface area contributed by atoms with E-state index in [1.807, 2.05) is 6.92 Å². The van der Waals surface area contributed by atoms with Crippen molar-refractivity contribution in [2.45, 2.75) is 13.8 Å². The number of thiazole rings is 1. The lowest BCUT2D eigenvalue weighted by atomic mass is 10.1. The predicted octanol–water partition coefficient (Wildman–Crippen LogP) is 4.00. The lowest BCUT2D eigenvalue weighted by Gasteiger charge is -2.11. The molecule has 3 aromatic rings. The van der Waals surface area contributed by atoms with Crippen molar-refractivity contribution in [3.8, 4) is 5.75 Å². The summed E-state index contributed by atoms with van der Waals surface area (Å²) in [5.74, 6) is -0.708. The van der Waals surface area contributed by atoms with Crippen LogP contribution in [0.2, 0.25) is 0 Å². The van der Waals surface area contributed by atoms with Gasteiger partial charge in [-0.05, 0) is 37.6 Å². The molecular formula is C17H15FN4O2S. The van der Waals surface area contributed by atoms with E-state index in [0.717, 1.165) is 16.9 Å². The highest BCUT2D eigenvalue weighted by molar-refractivity contribution is 7.17. The Kier molecular flexibility index (Phi) is 4.62. The van der Waals surface area contributed by atoms with Crippen LogP contribution in [-0.2, 0) is 0 Å². The summed E-state index contributed by atoms with van der Waals surface area (Å²) < 4.78 is 13.6. The smallest absolute Gasteiger partial charge is 0.267 e. The van der Waals surface area contributed by atoms with Crippen molar-refractivity contribution in [2.24, 2.45) is 0 Å². The molecule has 0 saturated heterocycles. The van der Waals surface area contributed by atoms with Crippen LogP contribution in [0.1, 0.15) is 20.8 Å². The third kappa shape index (κ3) is 3.58. The SMILES string of the molecule is Cc1ccc(O)c(C)c1NC(=O)c1cnc(Nc2ncccc2F)s1. The lowest BCUT2D eigenvalue weighted by molar-refractivity contribution is 0.103. The topological polar surface area (TPSA) is 87.1 Å². The first-order valence-electron chi connectivity index (χ1n) is 7.39. The second kappa shape index (κ2) is 6.86. The fraction of sp³-hybridized carbons (Fsp3) is 0.118. The molecular weight excluding hydrogens is 343 g/mol. The van der Waals surface area contributed by atoms with Gasteiger partial charge < -0.3 is 15.7 Å². The predicted molar refractivity (Wildman–Crippen MR) is 95.1 cm³/mol. The Balaban J connectivity index is 1.78. The maximum atomic E-state index is 13.6. The summed E-state index contributed by atoms with van der Waals surface area (Å²) in [6.45, 7) is 3.56. The van der Waals surface area contributed by atoms with E-state index < -0.39 is 5.82 Å².